The Hall–Kier alpha value is -1.70. The summed E-state index contributed by atoms with van der Waals surface area (Å²) in [4.78, 5) is 2.25. The topological polar surface area (TPSA) is 29.3 Å². The van der Waals surface area contributed by atoms with Crippen molar-refractivity contribution in [1.29, 1.82) is 0 Å². The van der Waals surface area contributed by atoms with Gasteiger partial charge in [-0.25, -0.2) is 0 Å². The molecule has 0 amide bonds. The van der Waals surface area contributed by atoms with Crippen LogP contribution in [-0.4, -0.2) is 7.05 Å². The molecule has 1 aliphatic carbocycles. The number of rotatable bonds is 2. The zero-order valence-corrected chi connectivity index (χ0v) is 11.9. The van der Waals surface area contributed by atoms with Crippen LogP contribution >= 0.6 is 0 Å². The second kappa shape index (κ2) is 3.89. The van der Waals surface area contributed by atoms with Gasteiger partial charge in [-0.05, 0) is 49.0 Å². The summed E-state index contributed by atoms with van der Waals surface area (Å²) in [5, 5.41) is 0. The molecule has 1 fully saturated rings. The number of anilines is 2. The summed E-state index contributed by atoms with van der Waals surface area (Å²) in [5.74, 6) is 0. The van der Waals surface area contributed by atoms with Crippen LogP contribution in [-0.2, 0) is 6.42 Å². The maximum atomic E-state index is 6.21. The van der Waals surface area contributed by atoms with Crippen LogP contribution in [0.4, 0.5) is 11.4 Å². The normalized spacial score (nSPS) is 19.5. The molecule has 3 rings (SSSR count). The van der Waals surface area contributed by atoms with Gasteiger partial charge >= 0.3 is 0 Å². The highest BCUT2D eigenvalue weighted by Crippen LogP contribution is 2.58. The number of hydrogen-bond donors (Lipinski definition) is 1. The van der Waals surface area contributed by atoms with Gasteiger partial charge in [0.15, 0.2) is 0 Å². The standard InChI is InChI=1S/C17H22N2/c1-5-11(2)14-9-16-13(8-15(14)18)10-17(6-7-17)12(3)19(16)4/h8-9H,2-3,5-7,10,18H2,1,4H3. The van der Waals surface area contributed by atoms with Gasteiger partial charge < -0.3 is 10.6 Å². The number of nitrogens with zero attached hydrogens (tertiary/aromatic N) is 1. The van der Waals surface area contributed by atoms with Gasteiger partial charge in [0.1, 0.15) is 0 Å². The maximum Gasteiger partial charge on any atom is 0.0446 e. The van der Waals surface area contributed by atoms with Gasteiger partial charge in [-0.2, -0.15) is 0 Å². The van der Waals surface area contributed by atoms with Crippen molar-refractivity contribution in [2.24, 2.45) is 5.41 Å². The van der Waals surface area contributed by atoms with E-state index in [2.05, 4.69) is 44.2 Å². The molecule has 0 atom stereocenters. The van der Waals surface area contributed by atoms with Gasteiger partial charge in [0, 0.05) is 35.1 Å². The largest absolute Gasteiger partial charge is 0.398 e. The zero-order valence-electron chi connectivity index (χ0n) is 11.9. The molecule has 100 valence electrons. The lowest BCUT2D eigenvalue weighted by Gasteiger charge is -2.36. The van der Waals surface area contributed by atoms with Crippen molar-refractivity contribution in [3.63, 3.8) is 0 Å². The molecule has 1 heterocycles. The van der Waals surface area contributed by atoms with E-state index < -0.39 is 0 Å². The minimum absolute atomic E-state index is 0.331. The maximum absolute atomic E-state index is 6.21. The number of benzene rings is 1. The first-order valence-electron chi connectivity index (χ1n) is 7.02. The van der Waals surface area contributed by atoms with E-state index in [1.165, 1.54) is 29.8 Å². The molecule has 0 saturated heterocycles. The summed E-state index contributed by atoms with van der Waals surface area (Å²) in [6, 6.07) is 4.34. The van der Waals surface area contributed by atoms with Gasteiger partial charge in [0.2, 0.25) is 0 Å². The molecular formula is C17H22N2. The van der Waals surface area contributed by atoms with E-state index in [9.17, 15) is 0 Å². The molecule has 1 aromatic rings. The van der Waals surface area contributed by atoms with E-state index in [0.29, 0.717) is 5.41 Å². The summed E-state index contributed by atoms with van der Waals surface area (Å²) in [6.45, 7) is 10.5. The Labute approximate surface area is 115 Å². The number of nitrogen functional groups attached to an aromatic ring is 1. The average Bonchev–Trinajstić information content (AvgIpc) is 3.16. The van der Waals surface area contributed by atoms with Crippen molar-refractivity contribution in [2.45, 2.75) is 32.6 Å². The van der Waals surface area contributed by atoms with Crippen molar-refractivity contribution < 1.29 is 0 Å². The number of nitrogens with two attached hydrogens (primary N) is 1. The molecule has 1 spiro atoms. The summed E-state index contributed by atoms with van der Waals surface area (Å²) < 4.78 is 0. The molecule has 2 N–H and O–H groups in total. The molecule has 0 radical (unpaired) electrons. The van der Waals surface area contributed by atoms with Gasteiger partial charge in [-0.3, -0.25) is 0 Å². The minimum Gasteiger partial charge on any atom is -0.398 e. The van der Waals surface area contributed by atoms with Crippen molar-refractivity contribution in [1.82, 2.24) is 0 Å². The number of hydrogen-bond acceptors (Lipinski definition) is 2. The molecular weight excluding hydrogens is 232 g/mol. The van der Waals surface area contributed by atoms with Gasteiger partial charge in [0.05, 0.1) is 0 Å². The molecule has 2 nitrogen and oxygen atoms in total. The summed E-state index contributed by atoms with van der Waals surface area (Å²) in [7, 11) is 2.12. The van der Waals surface area contributed by atoms with Crippen molar-refractivity contribution in [3.05, 3.63) is 42.1 Å². The SMILES string of the molecule is C=C(CC)c1cc2c(cc1N)CC1(CC1)C(=C)N2C. The van der Waals surface area contributed by atoms with Gasteiger partial charge in [0.25, 0.3) is 0 Å². The van der Waals surface area contributed by atoms with Crippen molar-refractivity contribution in [3.8, 4) is 0 Å². The van der Waals surface area contributed by atoms with E-state index >= 15 is 0 Å². The first kappa shape index (κ1) is 12.3. The number of fused-ring (bicyclic) bond motifs is 1. The van der Waals surface area contributed by atoms with Crippen LogP contribution in [0.2, 0.25) is 0 Å². The summed E-state index contributed by atoms with van der Waals surface area (Å²) in [6.07, 6.45) is 4.55. The predicted octanol–water partition coefficient (Wildman–Crippen LogP) is 3.98. The Morgan fingerprint density at radius 3 is 2.68 bits per heavy atom. The highest BCUT2D eigenvalue weighted by atomic mass is 15.1. The third-order valence-corrected chi connectivity index (χ3v) is 4.82. The third-order valence-electron chi connectivity index (χ3n) is 4.82. The van der Waals surface area contributed by atoms with Crippen LogP contribution in [0.25, 0.3) is 5.57 Å². The Morgan fingerprint density at radius 1 is 1.42 bits per heavy atom. The third kappa shape index (κ3) is 1.70. The molecule has 0 aromatic heterocycles. The second-order valence-electron chi connectivity index (χ2n) is 5.99. The Kier molecular flexibility index (Phi) is 2.53. The van der Waals surface area contributed by atoms with E-state index in [4.69, 9.17) is 5.73 Å². The molecule has 1 aliphatic heterocycles. The van der Waals surface area contributed by atoms with E-state index in [1.807, 2.05) is 0 Å². The monoisotopic (exact) mass is 254 g/mol. The fraction of sp³-hybridized carbons (Fsp3) is 0.412. The Balaban J connectivity index is 2.11. The first-order valence-corrected chi connectivity index (χ1v) is 7.02. The van der Waals surface area contributed by atoms with Crippen LogP contribution in [0.3, 0.4) is 0 Å². The second-order valence-corrected chi connectivity index (χ2v) is 5.99. The Morgan fingerprint density at radius 2 is 2.11 bits per heavy atom. The van der Waals surface area contributed by atoms with Crippen LogP contribution in [0.5, 0.6) is 0 Å². The minimum atomic E-state index is 0.331. The zero-order chi connectivity index (χ0) is 13.8. The smallest absolute Gasteiger partial charge is 0.0446 e. The first-order chi connectivity index (χ1) is 8.98. The highest BCUT2D eigenvalue weighted by molar-refractivity contribution is 5.80. The van der Waals surface area contributed by atoms with Crippen LogP contribution in [0.15, 0.2) is 31.0 Å². The molecule has 2 heteroatoms. The van der Waals surface area contributed by atoms with Crippen LogP contribution in [0.1, 0.15) is 37.3 Å². The van der Waals surface area contributed by atoms with Crippen molar-refractivity contribution >= 4 is 16.9 Å². The fourth-order valence-corrected chi connectivity index (χ4v) is 3.19. The van der Waals surface area contributed by atoms with Crippen molar-refractivity contribution in [2.75, 3.05) is 17.7 Å². The average molecular weight is 254 g/mol. The van der Waals surface area contributed by atoms with Crippen LogP contribution < -0.4 is 10.6 Å². The molecule has 1 aromatic carbocycles. The van der Waals surface area contributed by atoms with Crippen LogP contribution in [0, 0.1) is 5.41 Å². The fourth-order valence-electron chi connectivity index (χ4n) is 3.19. The summed E-state index contributed by atoms with van der Waals surface area (Å²) >= 11 is 0. The van der Waals surface area contributed by atoms with E-state index in [-0.39, 0.29) is 0 Å². The van der Waals surface area contributed by atoms with E-state index in [0.717, 1.165) is 29.7 Å². The lowest BCUT2D eigenvalue weighted by Crippen LogP contribution is -2.30. The molecule has 1 saturated carbocycles. The quantitative estimate of drug-likeness (QED) is 0.809. The molecule has 0 unspecified atom stereocenters. The van der Waals surface area contributed by atoms with Gasteiger partial charge in [-0.1, -0.05) is 20.1 Å². The molecule has 0 bridgehead atoms. The lowest BCUT2D eigenvalue weighted by atomic mass is 9.85. The molecule has 2 aliphatic rings. The molecule has 19 heavy (non-hydrogen) atoms. The predicted molar refractivity (Wildman–Crippen MR) is 83.1 cm³/mol. The number of allylic oxidation sites excluding steroid dienone is 2. The van der Waals surface area contributed by atoms with E-state index in [1.54, 1.807) is 0 Å². The lowest BCUT2D eigenvalue weighted by molar-refractivity contribution is 0.567. The Bertz CT molecular complexity index is 579. The highest BCUT2D eigenvalue weighted by Gasteiger charge is 2.49. The summed E-state index contributed by atoms with van der Waals surface area (Å²) in [5.41, 5.74) is 13.5. The van der Waals surface area contributed by atoms with Gasteiger partial charge in [-0.15, -0.1) is 0 Å².